The topological polar surface area (TPSA) is 20.2 Å². The van der Waals surface area contributed by atoms with Gasteiger partial charge < -0.3 is 5.11 Å². The van der Waals surface area contributed by atoms with E-state index in [1.54, 1.807) is 6.92 Å². The Labute approximate surface area is 48.1 Å². The molecular formula is C2H6AgClO. The minimum absolute atomic E-state index is 0.250. The Balaban J connectivity index is 0. The van der Waals surface area contributed by atoms with E-state index in [9.17, 15) is 0 Å². The maximum absolute atomic E-state index is 7.57. The van der Waals surface area contributed by atoms with E-state index in [0.29, 0.717) is 0 Å². The molecular weight excluding hydrogens is 183 g/mol. The van der Waals surface area contributed by atoms with Gasteiger partial charge in [-0.15, -0.1) is 0 Å². The van der Waals surface area contributed by atoms with Crippen LogP contribution < -0.4 is 0 Å². The molecule has 3 heteroatoms. The van der Waals surface area contributed by atoms with Crippen molar-refractivity contribution in [3.63, 3.8) is 0 Å². The number of rotatable bonds is 0. The first-order valence-electron chi connectivity index (χ1n) is 1.14. The van der Waals surface area contributed by atoms with Gasteiger partial charge in [0.05, 0.1) is 0 Å². The van der Waals surface area contributed by atoms with E-state index in [0.717, 1.165) is 0 Å². The third-order valence-electron chi connectivity index (χ3n) is 0. The number of aliphatic hydroxyl groups excluding tert-OH is 1. The van der Waals surface area contributed by atoms with Gasteiger partial charge in [-0.2, -0.15) is 0 Å². The van der Waals surface area contributed by atoms with Crippen molar-refractivity contribution in [2.24, 2.45) is 0 Å². The molecule has 38 valence electrons. The molecule has 0 bridgehead atoms. The summed E-state index contributed by atoms with van der Waals surface area (Å²) >= 11 is 2.42. The zero-order valence-electron chi connectivity index (χ0n) is 2.83. The summed E-state index contributed by atoms with van der Waals surface area (Å²) in [4.78, 5) is 0. The SMILES string of the molecule is CCO.[Cl][Ag]. The van der Waals surface area contributed by atoms with E-state index in [-0.39, 0.29) is 6.61 Å². The van der Waals surface area contributed by atoms with E-state index >= 15 is 0 Å². The molecule has 0 aliphatic heterocycles. The molecule has 0 radical (unpaired) electrons. The minimum atomic E-state index is 0.250. The average Bonchev–Trinajstić information content (AvgIpc) is 1.46. The van der Waals surface area contributed by atoms with Crippen LogP contribution in [0.25, 0.3) is 0 Å². The van der Waals surface area contributed by atoms with Gasteiger partial charge in [0.2, 0.25) is 0 Å². The predicted molar refractivity (Wildman–Crippen MR) is 18.6 cm³/mol. The molecule has 0 unspecified atom stereocenters. The van der Waals surface area contributed by atoms with Crippen molar-refractivity contribution in [3.8, 4) is 0 Å². The van der Waals surface area contributed by atoms with Crippen LogP contribution in [-0.4, -0.2) is 11.7 Å². The third-order valence-corrected chi connectivity index (χ3v) is 0. The fraction of sp³-hybridized carbons (Fsp3) is 1.00. The molecule has 1 nitrogen and oxygen atoms in total. The van der Waals surface area contributed by atoms with Gasteiger partial charge in [0.15, 0.2) is 0 Å². The third kappa shape index (κ3) is 45.5. The Morgan fingerprint density at radius 3 is 1.80 bits per heavy atom. The van der Waals surface area contributed by atoms with E-state index in [2.05, 4.69) is 29.2 Å². The molecule has 0 saturated carbocycles. The zero-order valence-corrected chi connectivity index (χ0v) is 5.07. The molecule has 1 N–H and O–H groups in total. The van der Waals surface area contributed by atoms with Gasteiger partial charge in [0.25, 0.3) is 0 Å². The van der Waals surface area contributed by atoms with Crippen LogP contribution in [0.15, 0.2) is 0 Å². The number of aliphatic hydroxyl groups is 1. The standard InChI is InChI=1S/C2H6O.Ag.ClH/c1-2-3;;/h3H,2H2,1H3;;1H/q;+1;/p-1. The average molecular weight is 189 g/mol. The van der Waals surface area contributed by atoms with Crippen LogP contribution >= 0.6 is 9.19 Å². The monoisotopic (exact) mass is 188 g/mol. The molecule has 5 heavy (non-hydrogen) atoms. The van der Waals surface area contributed by atoms with E-state index < -0.39 is 0 Å². The molecule has 0 aliphatic rings. The molecule has 0 amide bonds. The molecule has 0 aliphatic carbocycles. The van der Waals surface area contributed by atoms with Crippen LogP contribution in [0.4, 0.5) is 0 Å². The Kier molecular flexibility index (Phi) is 37.6. The molecule has 0 atom stereocenters. The summed E-state index contributed by atoms with van der Waals surface area (Å²) in [6.07, 6.45) is 0. The zero-order chi connectivity index (χ0) is 4.71. The summed E-state index contributed by atoms with van der Waals surface area (Å²) in [7, 11) is 4.45. The maximum atomic E-state index is 7.57. The van der Waals surface area contributed by atoms with Crippen LogP contribution in [0.2, 0.25) is 0 Å². The van der Waals surface area contributed by atoms with E-state index in [1.165, 1.54) is 0 Å². The van der Waals surface area contributed by atoms with Gasteiger partial charge in [0.1, 0.15) is 0 Å². The molecule has 0 fully saturated rings. The van der Waals surface area contributed by atoms with Crippen LogP contribution in [0.5, 0.6) is 0 Å². The predicted octanol–water partition coefficient (Wildman–Crippen LogP) is 0.686. The van der Waals surface area contributed by atoms with Crippen LogP contribution in [0.1, 0.15) is 6.92 Å². The fourth-order valence-electron chi connectivity index (χ4n) is 0. The summed E-state index contributed by atoms with van der Waals surface area (Å²) in [6.45, 7) is 1.93. The number of hydrogen-bond acceptors (Lipinski definition) is 1. The first-order chi connectivity index (χ1) is 2.41. The molecule has 0 aromatic carbocycles. The van der Waals surface area contributed by atoms with Crippen molar-refractivity contribution in [2.45, 2.75) is 6.92 Å². The molecule has 0 rings (SSSR count). The Bertz CT molecular complexity index is 9.61. The molecule has 0 aromatic rings. The quantitative estimate of drug-likeness (QED) is 0.556. The normalized spacial score (nSPS) is 5.00. The van der Waals surface area contributed by atoms with Gasteiger partial charge in [-0.3, -0.25) is 0 Å². The van der Waals surface area contributed by atoms with Gasteiger partial charge in [-0.05, 0) is 6.92 Å². The van der Waals surface area contributed by atoms with Crippen LogP contribution in [0, 0.1) is 0 Å². The molecule has 0 spiro atoms. The van der Waals surface area contributed by atoms with E-state index in [1.807, 2.05) is 0 Å². The molecule has 0 aromatic heterocycles. The summed E-state index contributed by atoms with van der Waals surface area (Å²) in [5.41, 5.74) is 0. The summed E-state index contributed by atoms with van der Waals surface area (Å²) in [5, 5.41) is 7.57. The van der Waals surface area contributed by atoms with Crippen LogP contribution in [0.3, 0.4) is 0 Å². The van der Waals surface area contributed by atoms with Crippen molar-refractivity contribution in [3.05, 3.63) is 0 Å². The van der Waals surface area contributed by atoms with Gasteiger partial charge in [0, 0.05) is 6.61 Å². The molecule has 0 heterocycles. The summed E-state index contributed by atoms with van der Waals surface area (Å²) in [5.74, 6) is 0. The van der Waals surface area contributed by atoms with Crippen molar-refractivity contribution in [2.75, 3.05) is 6.61 Å². The van der Waals surface area contributed by atoms with Crippen molar-refractivity contribution >= 4 is 9.19 Å². The first-order valence-corrected chi connectivity index (χ1v) is 3.05. The Morgan fingerprint density at radius 1 is 1.80 bits per heavy atom. The number of hydrogen-bond donors (Lipinski definition) is 1. The second-order valence-electron chi connectivity index (χ2n) is 0.316. The second kappa shape index (κ2) is 20.1. The van der Waals surface area contributed by atoms with Gasteiger partial charge in [-0.25, -0.2) is 0 Å². The second-order valence-corrected chi connectivity index (χ2v) is 0.316. The molecule has 0 saturated heterocycles. The number of halogens is 1. The van der Waals surface area contributed by atoms with Crippen molar-refractivity contribution < 1.29 is 25.1 Å². The fourth-order valence-corrected chi connectivity index (χ4v) is 0. The Hall–Kier alpha value is 0.990. The van der Waals surface area contributed by atoms with Gasteiger partial charge in [-0.1, -0.05) is 0 Å². The van der Waals surface area contributed by atoms with Crippen LogP contribution in [-0.2, 0) is 20.0 Å². The van der Waals surface area contributed by atoms with Crippen molar-refractivity contribution in [1.82, 2.24) is 0 Å². The van der Waals surface area contributed by atoms with E-state index in [4.69, 9.17) is 5.11 Å². The summed E-state index contributed by atoms with van der Waals surface area (Å²) in [6, 6.07) is 0. The van der Waals surface area contributed by atoms with Gasteiger partial charge >= 0.3 is 29.2 Å². The Morgan fingerprint density at radius 2 is 1.80 bits per heavy atom. The first kappa shape index (κ1) is 9.37. The van der Waals surface area contributed by atoms with Crippen molar-refractivity contribution in [1.29, 1.82) is 0 Å². The summed E-state index contributed by atoms with van der Waals surface area (Å²) < 4.78 is 0.